The van der Waals surface area contributed by atoms with Crippen molar-refractivity contribution >= 4 is 23.2 Å². The van der Waals surface area contributed by atoms with Gasteiger partial charge in [-0.05, 0) is 25.0 Å². The Labute approximate surface area is 212 Å². The van der Waals surface area contributed by atoms with Gasteiger partial charge in [0, 0.05) is 57.2 Å². The molecule has 2 atom stereocenters. The number of hydrogen-bond donors (Lipinski definition) is 2. The number of carbonyl (C=O) groups is 2. The van der Waals surface area contributed by atoms with Crippen LogP contribution >= 0.6 is 0 Å². The number of nitrogens with zero attached hydrogens (tertiary/aromatic N) is 4. The number of rotatable bonds is 6. The van der Waals surface area contributed by atoms with E-state index in [9.17, 15) is 40.7 Å². The lowest BCUT2D eigenvalue weighted by atomic mass is 9.98. The van der Waals surface area contributed by atoms with Gasteiger partial charge in [0.15, 0.2) is 0 Å². The summed E-state index contributed by atoms with van der Waals surface area (Å²) in [6, 6.07) is 2.23. The Kier molecular flexibility index (Phi) is 7.65. The summed E-state index contributed by atoms with van der Waals surface area (Å²) in [5.74, 6) is -1.28. The van der Waals surface area contributed by atoms with Gasteiger partial charge >= 0.3 is 12.4 Å². The van der Waals surface area contributed by atoms with E-state index in [1.165, 1.54) is 6.07 Å². The van der Waals surface area contributed by atoms with E-state index in [-0.39, 0.29) is 24.7 Å². The number of anilines is 2. The molecule has 0 spiro atoms. The quantitative estimate of drug-likeness (QED) is 0.536. The van der Waals surface area contributed by atoms with Gasteiger partial charge in [-0.3, -0.25) is 14.4 Å². The normalized spacial score (nSPS) is 20.6. The second kappa shape index (κ2) is 10.6. The van der Waals surface area contributed by atoms with Crippen LogP contribution in [0.1, 0.15) is 30.4 Å². The summed E-state index contributed by atoms with van der Waals surface area (Å²) >= 11 is 0. The minimum Gasteiger partial charge on any atom is -0.382 e. The van der Waals surface area contributed by atoms with Gasteiger partial charge in [-0.1, -0.05) is 0 Å². The van der Waals surface area contributed by atoms with Gasteiger partial charge in [0.25, 0.3) is 5.56 Å². The molecule has 2 aliphatic rings. The van der Waals surface area contributed by atoms with E-state index >= 15 is 0 Å². The van der Waals surface area contributed by atoms with E-state index in [1.807, 2.05) is 0 Å². The van der Waals surface area contributed by atoms with Crippen molar-refractivity contribution in [1.29, 1.82) is 0 Å². The summed E-state index contributed by atoms with van der Waals surface area (Å²) in [5, 5.41) is 7.63. The summed E-state index contributed by atoms with van der Waals surface area (Å²) in [4.78, 5) is 44.4. The number of nitrogens with one attached hydrogen (secondary N) is 2. The Morgan fingerprint density at radius 1 is 0.974 bits per heavy atom. The fourth-order valence-electron chi connectivity index (χ4n) is 4.74. The highest BCUT2D eigenvalue weighted by atomic mass is 19.4. The third-order valence-electron chi connectivity index (χ3n) is 6.80. The highest BCUT2D eigenvalue weighted by molar-refractivity contribution is 5.90. The summed E-state index contributed by atoms with van der Waals surface area (Å²) < 4.78 is 77.8. The highest BCUT2D eigenvalue weighted by Crippen LogP contribution is 2.34. The number of amides is 1. The van der Waals surface area contributed by atoms with E-state index in [1.54, 1.807) is 14.9 Å². The first-order valence-electron chi connectivity index (χ1n) is 11.8. The topological polar surface area (TPSA) is 111 Å². The number of halogens is 6. The number of ketones is 1. The summed E-state index contributed by atoms with van der Waals surface area (Å²) in [6.07, 6.45) is -7.02. The predicted octanol–water partition coefficient (Wildman–Crippen LogP) is 2.95. The molecule has 1 saturated heterocycles. The average Bonchev–Trinajstić information content (AvgIpc) is 3.20. The van der Waals surface area contributed by atoms with Crippen LogP contribution in [0, 0.1) is 11.8 Å². The number of hydrogen-bond acceptors (Lipinski definition) is 7. The number of aromatic nitrogens is 3. The first-order valence-corrected chi connectivity index (χ1v) is 11.8. The molecule has 2 N–H and O–H groups in total. The molecule has 0 bridgehead atoms. The van der Waals surface area contributed by atoms with Gasteiger partial charge in [0.2, 0.25) is 5.91 Å². The number of alkyl halides is 6. The third kappa shape index (κ3) is 6.07. The molecule has 0 unspecified atom stereocenters. The van der Waals surface area contributed by atoms with Crippen molar-refractivity contribution in [1.82, 2.24) is 20.1 Å². The first-order chi connectivity index (χ1) is 17.8. The van der Waals surface area contributed by atoms with Crippen molar-refractivity contribution in [3.8, 4) is 0 Å². The fraction of sp³-hybridized carbons (Fsp3) is 0.522. The molecule has 3 heterocycles. The fourth-order valence-corrected chi connectivity index (χ4v) is 4.74. The molecule has 38 heavy (non-hydrogen) atoms. The van der Waals surface area contributed by atoms with Crippen LogP contribution in [0.2, 0.25) is 0 Å². The monoisotopic (exact) mass is 546 g/mol. The van der Waals surface area contributed by atoms with E-state index in [0.717, 1.165) is 18.5 Å². The van der Waals surface area contributed by atoms with E-state index in [4.69, 9.17) is 0 Å². The van der Waals surface area contributed by atoms with Crippen molar-refractivity contribution in [2.45, 2.75) is 31.6 Å². The predicted molar refractivity (Wildman–Crippen MR) is 122 cm³/mol. The van der Waals surface area contributed by atoms with E-state index < -0.39 is 46.6 Å². The zero-order valence-corrected chi connectivity index (χ0v) is 19.9. The number of piperazine rings is 1. The summed E-state index contributed by atoms with van der Waals surface area (Å²) in [5.41, 5.74) is -4.18. The zero-order chi connectivity index (χ0) is 27.7. The molecule has 1 saturated carbocycles. The second-order valence-corrected chi connectivity index (χ2v) is 9.21. The van der Waals surface area contributed by atoms with Gasteiger partial charge in [-0.2, -0.15) is 31.4 Å². The lowest BCUT2D eigenvalue weighted by molar-refractivity contribution is -0.138. The standard InChI is InChI=1S/C23H24F6N6O3/c24-22(25,26)15-3-4-17(31-11-15)34-5-7-35(8-6-34)18(36)9-13-1-2-14(20(13)37)10-30-16-12-32-33-21(38)19(16)23(27,28)29/h3-4,11-14H,1-2,5-10H2,(H2,30,33,38)/t13-,14-/m1/s1. The Morgan fingerprint density at radius 2 is 1.66 bits per heavy atom. The Bertz CT molecular complexity index is 1220. The van der Waals surface area contributed by atoms with Gasteiger partial charge in [0.05, 0.1) is 17.4 Å². The molecule has 1 amide bonds. The molecule has 2 fully saturated rings. The molecular weight excluding hydrogens is 522 g/mol. The molecule has 2 aromatic heterocycles. The minimum atomic E-state index is -4.90. The van der Waals surface area contributed by atoms with Crippen LogP contribution in [0.5, 0.6) is 0 Å². The Balaban J connectivity index is 1.27. The van der Waals surface area contributed by atoms with Gasteiger partial charge < -0.3 is 15.1 Å². The highest BCUT2D eigenvalue weighted by Gasteiger charge is 2.39. The molecule has 1 aliphatic heterocycles. The molecule has 0 aromatic carbocycles. The van der Waals surface area contributed by atoms with Gasteiger partial charge in [-0.25, -0.2) is 10.1 Å². The minimum absolute atomic E-state index is 0.0335. The van der Waals surface area contributed by atoms with Crippen LogP contribution in [-0.2, 0) is 21.9 Å². The molecule has 4 rings (SSSR count). The molecule has 2 aromatic rings. The SMILES string of the molecule is O=C1[C@@H](CNc2cn[nH]c(=O)c2C(F)(F)F)CC[C@@H]1CC(=O)N1CCN(c2ccc(C(F)(F)F)cn2)CC1. The van der Waals surface area contributed by atoms with Crippen molar-refractivity contribution in [3.63, 3.8) is 0 Å². The maximum atomic E-state index is 13.2. The maximum Gasteiger partial charge on any atom is 0.423 e. The second-order valence-electron chi connectivity index (χ2n) is 9.21. The molecule has 9 nitrogen and oxygen atoms in total. The molecule has 1 aliphatic carbocycles. The van der Waals surface area contributed by atoms with Crippen LogP contribution in [0.25, 0.3) is 0 Å². The van der Waals surface area contributed by atoms with E-state index in [0.29, 0.717) is 44.8 Å². The summed E-state index contributed by atoms with van der Waals surface area (Å²) in [6.45, 7) is 1.21. The Hall–Kier alpha value is -3.65. The van der Waals surface area contributed by atoms with Gasteiger partial charge in [-0.15, -0.1) is 0 Å². The van der Waals surface area contributed by atoms with Gasteiger partial charge in [0.1, 0.15) is 17.2 Å². The largest absolute Gasteiger partial charge is 0.423 e. The number of carbonyl (C=O) groups excluding carboxylic acids is 2. The van der Waals surface area contributed by atoms with Crippen molar-refractivity contribution in [2.24, 2.45) is 11.8 Å². The van der Waals surface area contributed by atoms with Crippen molar-refractivity contribution < 1.29 is 35.9 Å². The smallest absolute Gasteiger partial charge is 0.382 e. The number of H-pyrrole nitrogens is 1. The average molecular weight is 546 g/mol. The molecule has 0 radical (unpaired) electrons. The zero-order valence-electron chi connectivity index (χ0n) is 19.9. The summed E-state index contributed by atoms with van der Waals surface area (Å²) in [7, 11) is 0. The lowest BCUT2D eigenvalue weighted by Gasteiger charge is -2.35. The lowest BCUT2D eigenvalue weighted by Crippen LogP contribution is -2.49. The number of pyridine rings is 1. The third-order valence-corrected chi connectivity index (χ3v) is 6.80. The van der Waals surface area contributed by atoms with Crippen LogP contribution in [0.3, 0.4) is 0 Å². The molecular formula is C23H24F6N6O3. The number of Topliss-reactive ketones (excluding diaryl/α,β-unsaturated/α-hetero) is 1. The van der Waals surface area contributed by atoms with Crippen LogP contribution in [0.15, 0.2) is 29.3 Å². The van der Waals surface area contributed by atoms with Crippen molar-refractivity contribution in [3.05, 3.63) is 46.0 Å². The molecule has 15 heteroatoms. The Morgan fingerprint density at radius 3 is 2.26 bits per heavy atom. The van der Waals surface area contributed by atoms with Crippen LogP contribution in [-0.4, -0.2) is 64.5 Å². The first kappa shape index (κ1) is 27.4. The van der Waals surface area contributed by atoms with E-state index in [2.05, 4.69) is 15.4 Å². The van der Waals surface area contributed by atoms with Crippen LogP contribution < -0.4 is 15.8 Å². The van der Waals surface area contributed by atoms with Crippen LogP contribution in [0.4, 0.5) is 37.8 Å². The number of aromatic amines is 1. The molecule has 206 valence electrons. The van der Waals surface area contributed by atoms with Crippen molar-refractivity contribution in [2.75, 3.05) is 42.9 Å². The maximum absolute atomic E-state index is 13.2.